The van der Waals surface area contributed by atoms with Gasteiger partial charge in [-0.2, -0.15) is 4.98 Å². The third-order valence-corrected chi connectivity index (χ3v) is 5.37. The first-order valence-corrected chi connectivity index (χ1v) is 10.4. The average Bonchev–Trinajstić information content (AvgIpc) is 3.21. The van der Waals surface area contributed by atoms with Crippen LogP contribution in [0, 0.1) is 0 Å². The van der Waals surface area contributed by atoms with Crippen LogP contribution in [-0.2, 0) is 10.0 Å². The van der Waals surface area contributed by atoms with Crippen molar-refractivity contribution in [3.05, 3.63) is 53.9 Å². The van der Waals surface area contributed by atoms with Crippen molar-refractivity contribution in [1.29, 1.82) is 0 Å². The van der Waals surface area contributed by atoms with Crippen LogP contribution in [0.2, 0.25) is 0 Å². The zero-order valence-corrected chi connectivity index (χ0v) is 17.1. The van der Waals surface area contributed by atoms with E-state index in [2.05, 4.69) is 14.9 Å². The summed E-state index contributed by atoms with van der Waals surface area (Å²) in [6, 6.07) is 12.3. The highest BCUT2D eigenvalue weighted by atomic mass is 32.2. The Kier molecular flexibility index (Phi) is 6.18. The molecule has 0 fully saturated rings. The highest BCUT2D eigenvalue weighted by molar-refractivity contribution is 7.92. The molecule has 3 aromatic rings. The summed E-state index contributed by atoms with van der Waals surface area (Å²) in [6.07, 6.45) is 3.52. The number of aromatic nitrogens is 2. The van der Waals surface area contributed by atoms with Crippen LogP contribution in [-0.4, -0.2) is 38.5 Å². The van der Waals surface area contributed by atoms with Crippen molar-refractivity contribution in [3.8, 4) is 22.9 Å². The number of rotatable bonds is 8. The average molecular weight is 415 g/mol. The molecule has 29 heavy (non-hydrogen) atoms. The maximum Gasteiger partial charge on any atom is 0.250 e. The molecule has 0 atom stereocenters. The summed E-state index contributed by atoms with van der Waals surface area (Å²) in [5.74, 6) is 2.02. The van der Waals surface area contributed by atoms with E-state index in [4.69, 9.17) is 14.0 Å². The molecule has 0 amide bonds. The Bertz CT molecular complexity index is 1110. The summed E-state index contributed by atoms with van der Waals surface area (Å²) < 4.78 is 41.5. The molecule has 0 radical (unpaired) electrons. The number of methoxy groups -OCH3 is 2. The van der Waals surface area contributed by atoms with Gasteiger partial charge in [-0.3, -0.25) is 4.72 Å². The molecule has 9 heteroatoms. The maximum atomic E-state index is 11.6. The number of sulfonamides is 1. The fourth-order valence-corrected chi connectivity index (χ4v) is 3.12. The Morgan fingerprint density at radius 1 is 1.03 bits per heavy atom. The van der Waals surface area contributed by atoms with Crippen LogP contribution in [0.5, 0.6) is 11.5 Å². The quantitative estimate of drug-likeness (QED) is 0.598. The molecule has 1 aromatic heterocycles. The lowest BCUT2D eigenvalue weighted by atomic mass is 10.2. The van der Waals surface area contributed by atoms with Gasteiger partial charge in [-0.25, -0.2) is 8.42 Å². The van der Waals surface area contributed by atoms with Gasteiger partial charge in [0.15, 0.2) is 11.5 Å². The molecule has 8 nitrogen and oxygen atoms in total. The molecule has 0 saturated carbocycles. The van der Waals surface area contributed by atoms with E-state index in [9.17, 15) is 8.42 Å². The normalized spacial score (nSPS) is 11.6. The van der Waals surface area contributed by atoms with Crippen LogP contribution < -0.4 is 14.2 Å². The lowest BCUT2D eigenvalue weighted by Gasteiger charge is -2.07. The number of nitrogens with zero attached hydrogens (tertiary/aromatic N) is 2. The second-order valence-corrected chi connectivity index (χ2v) is 8.00. The van der Waals surface area contributed by atoms with Gasteiger partial charge in [0, 0.05) is 17.3 Å². The topological polar surface area (TPSA) is 104 Å². The number of ether oxygens (including phenoxy) is 2. The predicted octanol–water partition coefficient (Wildman–Crippen LogP) is 3.69. The fraction of sp³-hybridized carbons (Fsp3) is 0.200. The Morgan fingerprint density at radius 2 is 1.76 bits per heavy atom. The van der Waals surface area contributed by atoms with Crippen LogP contribution >= 0.6 is 0 Å². The van der Waals surface area contributed by atoms with Gasteiger partial charge in [0.25, 0.3) is 5.89 Å². The number of hydrogen-bond acceptors (Lipinski definition) is 7. The second-order valence-electron chi connectivity index (χ2n) is 5.99. The first-order valence-electron chi connectivity index (χ1n) is 8.79. The number of anilines is 1. The number of nitrogens with one attached hydrogen (secondary N) is 1. The van der Waals surface area contributed by atoms with E-state index in [-0.39, 0.29) is 5.75 Å². The highest BCUT2D eigenvalue weighted by Crippen LogP contribution is 2.28. The Morgan fingerprint density at radius 3 is 2.41 bits per heavy atom. The zero-order chi connectivity index (χ0) is 20.9. The van der Waals surface area contributed by atoms with Crippen LogP contribution in [0.1, 0.15) is 18.4 Å². The summed E-state index contributed by atoms with van der Waals surface area (Å²) in [4.78, 5) is 4.33. The molecule has 3 rings (SSSR count). The molecule has 1 N–H and O–H groups in total. The largest absolute Gasteiger partial charge is 0.493 e. The SMILES string of the molecule is CCS(=O)(=O)Nc1ccc(-c2noc(C=Cc3ccc(OC)c(OC)c3)n2)cc1. The Hall–Kier alpha value is -3.33. The van der Waals surface area contributed by atoms with E-state index < -0.39 is 10.0 Å². The van der Waals surface area contributed by atoms with Gasteiger partial charge in [-0.05, 0) is 55.0 Å². The molecule has 0 aliphatic carbocycles. The first kappa shape index (κ1) is 20.4. The van der Waals surface area contributed by atoms with Crippen molar-refractivity contribution in [2.24, 2.45) is 0 Å². The monoisotopic (exact) mass is 415 g/mol. The number of hydrogen-bond donors (Lipinski definition) is 1. The van der Waals surface area contributed by atoms with Crippen molar-refractivity contribution in [1.82, 2.24) is 10.1 Å². The minimum absolute atomic E-state index is 0.00928. The van der Waals surface area contributed by atoms with Crippen molar-refractivity contribution < 1.29 is 22.4 Å². The number of benzene rings is 2. The van der Waals surface area contributed by atoms with Crippen LogP contribution in [0.25, 0.3) is 23.5 Å². The van der Waals surface area contributed by atoms with E-state index in [0.29, 0.717) is 34.5 Å². The van der Waals surface area contributed by atoms with Gasteiger partial charge in [0.05, 0.1) is 20.0 Å². The predicted molar refractivity (Wildman–Crippen MR) is 111 cm³/mol. The molecule has 0 aliphatic rings. The standard InChI is InChI=1S/C20H21N3O5S/c1-4-29(24,25)23-16-9-7-15(8-10-16)20-21-19(28-22-20)12-6-14-5-11-17(26-2)18(13-14)27-3/h5-13,23H,4H2,1-3H3. The maximum absolute atomic E-state index is 11.6. The van der Waals surface area contributed by atoms with E-state index in [1.54, 1.807) is 51.5 Å². The molecule has 0 bridgehead atoms. The molecular weight excluding hydrogens is 394 g/mol. The molecule has 0 saturated heterocycles. The molecule has 2 aromatic carbocycles. The minimum atomic E-state index is -3.31. The molecular formula is C20H21N3O5S. The van der Waals surface area contributed by atoms with Gasteiger partial charge in [-0.15, -0.1) is 0 Å². The van der Waals surface area contributed by atoms with E-state index in [0.717, 1.165) is 5.56 Å². The van der Waals surface area contributed by atoms with Crippen LogP contribution in [0.15, 0.2) is 47.0 Å². The minimum Gasteiger partial charge on any atom is -0.493 e. The van der Waals surface area contributed by atoms with Crippen molar-refractivity contribution in [2.75, 3.05) is 24.7 Å². The summed E-state index contributed by atoms with van der Waals surface area (Å²) in [7, 11) is -0.155. The Balaban J connectivity index is 1.73. The fourth-order valence-electron chi connectivity index (χ4n) is 2.48. The zero-order valence-electron chi connectivity index (χ0n) is 16.2. The first-order chi connectivity index (χ1) is 13.9. The van der Waals surface area contributed by atoms with Crippen LogP contribution in [0.4, 0.5) is 5.69 Å². The third-order valence-electron chi connectivity index (χ3n) is 4.06. The Labute approximate surface area is 169 Å². The highest BCUT2D eigenvalue weighted by Gasteiger charge is 2.10. The third kappa shape index (κ3) is 5.14. The molecule has 0 spiro atoms. The molecule has 0 aliphatic heterocycles. The summed E-state index contributed by atoms with van der Waals surface area (Å²) >= 11 is 0. The summed E-state index contributed by atoms with van der Waals surface area (Å²) in [5.41, 5.74) is 2.07. The second kappa shape index (κ2) is 8.78. The molecule has 0 unspecified atom stereocenters. The van der Waals surface area contributed by atoms with E-state index in [1.807, 2.05) is 24.3 Å². The van der Waals surface area contributed by atoms with Gasteiger partial charge in [0.1, 0.15) is 0 Å². The van der Waals surface area contributed by atoms with Gasteiger partial charge in [0.2, 0.25) is 15.8 Å². The van der Waals surface area contributed by atoms with E-state index in [1.165, 1.54) is 0 Å². The smallest absolute Gasteiger partial charge is 0.250 e. The van der Waals surface area contributed by atoms with Crippen LogP contribution in [0.3, 0.4) is 0 Å². The lowest BCUT2D eigenvalue weighted by Crippen LogP contribution is -2.14. The molecule has 152 valence electrons. The lowest BCUT2D eigenvalue weighted by molar-refractivity contribution is 0.355. The summed E-state index contributed by atoms with van der Waals surface area (Å²) in [6.45, 7) is 1.58. The van der Waals surface area contributed by atoms with Gasteiger partial charge >= 0.3 is 0 Å². The van der Waals surface area contributed by atoms with Crippen molar-refractivity contribution in [3.63, 3.8) is 0 Å². The van der Waals surface area contributed by atoms with Crippen molar-refractivity contribution in [2.45, 2.75) is 6.92 Å². The molecule has 1 heterocycles. The van der Waals surface area contributed by atoms with Gasteiger partial charge < -0.3 is 14.0 Å². The summed E-state index contributed by atoms with van der Waals surface area (Å²) in [5, 5.41) is 3.96. The van der Waals surface area contributed by atoms with E-state index >= 15 is 0 Å². The van der Waals surface area contributed by atoms with Gasteiger partial charge in [-0.1, -0.05) is 11.2 Å². The van der Waals surface area contributed by atoms with Crippen molar-refractivity contribution >= 4 is 27.9 Å².